The average Bonchev–Trinajstić information content (AvgIpc) is 2.71. The summed E-state index contributed by atoms with van der Waals surface area (Å²) >= 11 is 0. The van der Waals surface area contributed by atoms with Gasteiger partial charge in [0.2, 0.25) is 5.82 Å². The minimum atomic E-state index is -2.72. The molecule has 0 N–H and O–H groups in total. The lowest BCUT2D eigenvalue weighted by molar-refractivity contribution is 0.137. The molecule has 0 spiro atoms. The molecule has 2 aromatic rings. The maximum absolute atomic E-state index is 12.6. The summed E-state index contributed by atoms with van der Waals surface area (Å²) in [6.07, 6.45) is 2.45. The van der Waals surface area contributed by atoms with Crippen LogP contribution in [0.15, 0.2) is 12.1 Å². The van der Waals surface area contributed by atoms with Crippen LogP contribution in [0.25, 0.3) is 5.65 Å². The van der Waals surface area contributed by atoms with Crippen molar-refractivity contribution in [1.29, 1.82) is 0 Å². The van der Waals surface area contributed by atoms with E-state index < -0.39 is 12.2 Å². The number of halogens is 2. The highest BCUT2D eigenvalue weighted by Crippen LogP contribution is 2.18. The minimum absolute atomic E-state index is 0.276. The van der Waals surface area contributed by atoms with Gasteiger partial charge in [0.15, 0.2) is 5.65 Å². The topological polar surface area (TPSA) is 46.3 Å². The highest BCUT2D eigenvalue weighted by Gasteiger charge is 2.17. The molecule has 17 heavy (non-hydrogen) atoms. The Morgan fingerprint density at radius 3 is 2.88 bits per heavy atom. The van der Waals surface area contributed by atoms with Gasteiger partial charge >= 0.3 is 0 Å². The quantitative estimate of drug-likeness (QED) is 0.751. The Bertz CT molecular complexity index is 572. The Kier molecular flexibility index (Phi) is 2.87. The Morgan fingerprint density at radius 1 is 1.47 bits per heavy atom. The summed E-state index contributed by atoms with van der Waals surface area (Å²) in [5, 5.41) is 11.0. The molecule has 0 bridgehead atoms. The lowest BCUT2D eigenvalue weighted by Crippen LogP contribution is -2.19. The largest absolute Gasteiger partial charge is 0.347 e. The zero-order chi connectivity index (χ0) is 12.4. The van der Waals surface area contributed by atoms with Gasteiger partial charge in [0.1, 0.15) is 5.82 Å². The van der Waals surface area contributed by atoms with E-state index in [1.54, 1.807) is 24.1 Å². The summed E-state index contributed by atoms with van der Waals surface area (Å²) in [5.41, 5.74) is 0.276. The predicted molar refractivity (Wildman–Crippen MR) is 57.8 cm³/mol. The lowest BCUT2D eigenvalue weighted by Gasteiger charge is -2.14. The molecule has 0 radical (unpaired) electrons. The normalized spacial score (nSPS) is 10.8. The predicted octanol–water partition coefficient (Wildman–Crippen LogP) is 1.13. The molecule has 0 unspecified atom stereocenters. The van der Waals surface area contributed by atoms with Crippen molar-refractivity contribution in [2.45, 2.75) is 6.43 Å². The van der Waals surface area contributed by atoms with E-state index in [0.29, 0.717) is 12.4 Å². The summed E-state index contributed by atoms with van der Waals surface area (Å²) < 4.78 is 26.2. The molecule has 2 heterocycles. The maximum Gasteiger partial charge on any atom is 0.299 e. The van der Waals surface area contributed by atoms with Crippen LogP contribution >= 0.6 is 0 Å². The Morgan fingerprint density at radius 2 is 2.24 bits per heavy atom. The fourth-order valence-electron chi connectivity index (χ4n) is 1.35. The van der Waals surface area contributed by atoms with Gasteiger partial charge in [-0.3, -0.25) is 0 Å². The van der Waals surface area contributed by atoms with Gasteiger partial charge in [-0.25, -0.2) is 8.78 Å². The van der Waals surface area contributed by atoms with Gasteiger partial charge in [0.05, 0.1) is 6.54 Å². The molecule has 0 aliphatic heterocycles. The van der Waals surface area contributed by atoms with Crippen LogP contribution in [0.2, 0.25) is 0 Å². The van der Waals surface area contributed by atoms with Gasteiger partial charge in [-0.05, 0) is 12.1 Å². The SMILES string of the molecule is C#CCN(C)c1ccc2nnc(C(F)F)n2n1. The van der Waals surface area contributed by atoms with Crippen molar-refractivity contribution in [1.82, 2.24) is 19.8 Å². The number of aromatic nitrogens is 4. The second-order valence-electron chi connectivity index (χ2n) is 3.38. The van der Waals surface area contributed by atoms with Crippen molar-refractivity contribution in [2.75, 3.05) is 18.5 Å². The van der Waals surface area contributed by atoms with Crippen LogP contribution in [0.3, 0.4) is 0 Å². The molecular weight excluding hydrogens is 228 g/mol. The molecule has 0 aliphatic rings. The molecule has 7 heteroatoms. The van der Waals surface area contributed by atoms with Crippen LogP contribution in [0.4, 0.5) is 14.6 Å². The van der Waals surface area contributed by atoms with Crippen molar-refractivity contribution < 1.29 is 8.78 Å². The van der Waals surface area contributed by atoms with E-state index in [9.17, 15) is 8.78 Å². The number of nitrogens with zero attached hydrogens (tertiary/aromatic N) is 5. The first-order chi connectivity index (χ1) is 8.13. The fraction of sp³-hybridized carbons (Fsp3) is 0.300. The van der Waals surface area contributed by atoms with E-state index >= 15 is 0 Å². The summed E-state index contributed by atoms with van der Waals surface area (Å²) in [4.78, 5) is 1.66. The molecule has 0 aromatic carbocycles. The van der Waals surface area contributed by atoms with Gasteiger partial charge in [0.25, 0.3) is 6.43 Å². The third-order valence-electron chi connectivity index (χ3n) is 2.19. The molecule has 0 aliphatic carbocycles. The van der Waals surface area contributed by atoms with E-state index in [4.69, 9.17) is 6.42 Å². The molecule has 2 rings (SSSR count). The molecule has 5 nitrogen and oxygen atoms in total. The fourth-order valence-corrected chi connectivity index (χ4v) is 1.35. The number of anilines is 1. The second-order valence-corrected chi connectivity index (χ2v) is 3.38. The van der Waals surface area contributed by atoms with Crippen molar-refractivity contribution >= 4 is 11.5 Å². The zero-order valence-corrected chi connectivity index (χ0v) is 9.01. The van der Waals surface area contributed by atoms with Crippen LogP contribution in [-0.4, -0.2) is 33.4 Å². The summed E-state index contributed by atoms with van der Waals surface area (Å²) in [5.74, 6) is 2.45. The zero-order valence-electron chi connectivity index (χ0n) is 9.01. The number of hydrogen-bond donors (Lipinski definition) is 0. The summed E-state index contributed by atoms with van der Waals surface area (Å²) in [6.45, 7) is 0.338. The van der Waals surface area contributed by atoms with E-state index in [2.05, 4.69) is 21.2 Å². The molecular formula is C10H9F2N5. The van der Waals surface area contributed by atoms with Gasteiger partial charge in [0, 0.05) is 7.05 Å². The first-order valence-electron chi connectivity index (χ1n) is 4.78. The lowest BCUT2D eigenvalue weighted by atomic mass is 10.4. The molecule has 88 valence electrons. The van der Waals surface area contributed by atoms with Crippen LogP contribution in [0, 0.1) is 12.3 Å². The van der Waals surface area contributed by atoms with Gasteiger partial charge in [-0.2, -0.15) is 4.52 Å². The van der Waals surface area contributed by atoms with E-state index in [1.165, 1.54) is 0 Å². The number of terminal acetylenes is 1. The molecule has 0 amide bonds. The van der Waals surface area contributed by atoms with Crippen molar-refractivity contribution in [3.05, 3.63) is 18.0 Å². The Labute approximate surface area is 96.1 Å². The minimum Gasteiger partial charge on any atom is -0.347 e. The first kappa shape index (κ1) is 11.3. The monoisotopic (exact) mass is 237 g/mol. The number of hydrogen-bond acceptors (Lipinski definition) is 4. The van der Waals surface area contributed by atoms with Gasteiger partial charge in [-0.1, -0.05) is 5.92 Å². The first-order valence-corrected chi connectivity index (χ1v) is 4.78. The molecule has 0 atom stereocenters. The van der Waals surface area contributed by atoms with Gasteiger partial charge in [-0.15, -0.1) is 21.7 Å². The van der Waals surface area contributed by atoms with E-state index in [0.717, 1.165) is 4.52 Å². The standard InChI is InChI=1S/C10H9F2N5/c1-3-6-16(2)8-5-4-7-13-14-10(9(11)12)17(7)15-8/h1,4-5,9H,6H2,2H3. The van der Waals surface area contributed by atoms with Crippen molar-refractivity contribution in [2.24, 2.45) is 0 Å². The highest BCUT2D eigenvalue weighted by molar-refractivity contribution is 5.46. The maximum atomic E-state index is 12.6. The number of rotatable bonds is 3. The average molecular weight is 237 g/mol. The highest BCUT2D eigenvalue weighted by atomic mass is 19.3. The second kappa shape index (κ2) is 4.33. The Hall–Kier alpha value is -2.23. The van der Waals surface area contributed by atoms with Crippen LogP contribution in [0.5, 0.6) is 0 Å². The van der Waals surface area contributed by atoms with E-state index in [-0.39, 0.29) is 5.65 Å². The van der Waals surface area contributed by atoms with Crippen LogP contribution in [-0.2, 0) is 0 Å². The molecule has 0 fully saturated rings. The molecule has 0 saturated carbocycles. The van der Waals surface area contributed by atoms with Crippen LogP contribution < -0.4 is 4.90 Å². The third kappa shape index (κ3) is 2.01. The summed E-state index contributed by atoms with van der Waals surface area (Å²) in [7, 11) is 1.72. The van der Waals surface area contributed by atoms with Crippen molar-refractivity contribution in [3.8, 4) is 12.3 Å². The van der Waals surface area contributed by atoms with Gasteiger partial charge < -0.3 is 4.90 Å². The molecule has 2 aromatic heterocycles. The van der Waals surface area contributed by atoms with Crippen LogP contribution in [0.1, 0.15) is 12.2 Å². The Balaban J connectivity index is 2.48. The smallest absolute Gasteiger partial charge is 0.299 e. The van der Waals surface area contributed by atoms with E-state index in [1.807, 2.05) is 0 Å². The third-order valence-corrected chi connectivity index (χ3v) is 2.19. The van der Waals surface area contributed by atoms with Crippen molar-refractivity contribution in [3.63, 3.8) is 0 Å². The molecule has 0 saturated heterocycles. The number of fused-ring (bicyclic) bond motifs is 1. The summed E-state index contributed by atoms with van der Waals surface area (Å²) in [6, 6.07) is 3.21. The number of alkyl halides is 2.